The standard InChI is InChI=1S/C20H21ClN4O3/c21-16-3-5-17(6-4-16)28-15-25-19(7-8-22-25)20(26)24-11-9-23(10-12-24)14-18-2-1-13-27-18/h1-8,13H,9-12,14-15H2. The first-order valence-corrected chi connectivity index (χ1v) is 9.51. The van der Waals surface area contributed by atoms with Crippen LogP contribution in [0.5, 0.6) is 5.75 Å². The number of furan rings is 1. The summed E-state index contributed by atoms with van der Waals surface area (Å²) in [5.41, 5.74) is 0.522. The number of benzene rings is 1. The number of nitrogens with zero attached hydrogens (tertiary/aromatic N) is 4. The summed E-state index contributed by atoms with van der Waals surface area (Å²) in [6.45, 7) is 3.88. The number of rotatable bonds is 6. The Kier molecular flexibility index (Phi) is 5.64. The van der Waals surface area contributed by atoms with E-state index in [0.717, 1.165) is 25.4 Å². The molecule has 4 rings (SSSR count). The molecule has 0 unspecified atom stereocenters. The van der Waals surface area contributed by atoms with Gasteiger partial charge in [0.2, 0.25) is 0 Å². The zero-order valence-corrected chi connectivity index (χ0v) is 16.1. The fraction of sp³-hybridized carbons (Fsp3) is 0.300. The van der Waals surface area contributed by atoms with E-state index in [0.29, 0.717) is 29.6 Å². The number of halogens is 1. The van der Waals surface area contributed by atoms with Gasteiger partial charge < -0.3 is 14.1 Å². The summed E-state index contributed by atoms with van der Waals surface area (Å²) >= 11 is 5.88. The summed E-state index contributed by atoms with van der Waals surface area (Å²) in [7, 11) is 0. The van der Waals surface area contributed by atoms with Gasteiger partial charge in [-0.3, -0.25) is 9.69 Å². The van der Waals surface area contributed by atoms with Crippen molar-refractivity contribution in [3.63, 3.8) is 0 Å². The number of carbonyl (C=O) groups excluding carboxylic acids is 1. The van der Waals surface area contributed by atoms with Gasteiger partial charge in [0.1, 0.15) is 17.2 Å². The smallest absolute Gasteiger partial charge is 0.272 e. The van der Waals surface area contributed by atoms with Crippen molar-refractivity contribution in [3.8, 4) is 5.75 Å². The van der Waals surface area contributed by atoms with E-state index in [1.165, 1.54) is 0 Å². The van der Waals surface area contributed by atoms with Gasteiger partial charge in [-0.1, -0.05) is 11.6 Å². The Hall–Kier alpha value is -2.77. The third-order valence-electron chi connectivity index (χ3n) is 4.72. The van der Waals surface area contributed by atoms with Crippen molar-refractivity contribution >= 4 is 17.5 Å². The van der Waals surface area contributed by atoms with Crippen molar-refractivity contribution in [2.45, 2.75) is 13.3 Å². The highest BCUT2D eigenvalue weighted by Gasteiger charge is 2.24. The second-order valence-electron chi connectivity index (χ2n) is 6.59. The Bertz CT molecular complexity index is 900. The van der Waals surface area contributed by atoms with Crippen LogP contribution in [-0.4, -0.2) is 51.7 Å². The lowest BCUT2D eigenvalue weighted by Gasteiger charge is -2.34. The van der Waals surface area contributed by atoms with Crippen LogP contribution in [0.2, 0.25) is 5.02 Å². The molecule has 1 saturated heterocycles. The minimum atomic E-state index is -0.0325. The fourth-order valence-corrected chi connectivity index (χ4v) is 3.30. The maximum absolute atomic E-state index is 12.9. The summed E-state index contributed by atoms with van der Waals surface area (Å²) in [5, 5.41) is 4.87. The molecule has 8 heteroatoms. The molecule has 1 aliphatic heterocycles. The van der Waals surface area contributed by atoms with Gasteiger partial charge in [0, 0.05) is 37.4 Å². The molecule has 146 valence electrons. The Labute approximate surface area is 168 Å². The highest BCUT2D eigenvalue weighted by Crippen LogP contribution is 2.17. The van der Waals surface area contributed by atoms with Crippen LogP contribution in [0.3, 0.4) is 0 Å². The van der Waals surface area contributed by atoms with Crippen LogP contribution in [0.4, 0.5) is 0 Å². The number of hydrogen-bond donors (Lipinski definition) is 0. The molecule has 7 nitrogen and oxygen atoms in total. The topological polar surface area (TPSA) is 63.7 Å². The van der Waals surface area contributed by atoms with Crippen LogP contribution in [0.15, 0.2) is 59.3 Å². The molecule has 0 spiro atoms. The van der Waals surface area contributed by atoms with E-state index in [4.69, 9.17) is 20.8 Å². The van der Waals surface area contributed by atoms with E-state index in [2.05, 4.69) is 10.00 Å². The molecule has 1 aliphatic rings. The van der Waals surface area contributed by atoms with Crippen molar-refractivity contribution in [1.82, 2.24) is 19.6 Å². The van der Waals surface area contributed by atoms with Crippen LogP contribution >= 0.6 is 11.6 Å². The quantitative estimate of drug-likeness (QED) is 0.636. The van der Waals surface area contributed by atoms with Crippen molar-refractivity contribution < 1.29 is 13.9 Å². The molecule has 0 radical (unpaired) electrons. The summed E-state index contributed by atoms with van der Waals surface area (Å²) in [6.07, 6.45) is 3.30. The monoisotopic (exact) mass is 400 g/mol. The number of hydrogen-bond acceptors (Lipinski definition) is 5. The van der Waals surface area contributed by atoms with Crippen LogP contribution in [-0.2, 0) is 13.3 Å². The third kappa shape index (κ3) is 4.37. The Balaban J connectivity index is 1.33. The van der Waals surface area contributed by atoms with Gasteiger partial charge in [0.05, 0.1) is 12.8 Å². The van der Waals surface area contributed by atoms with E-state index in [9.17, 15) is 4.79 Å². The average molecular weight is 401 g/mol. The van der Waals surface area contributed by atoms with E-state index < -0.39 is 0 Å². The lowest BCUT2D eigenvalue weighted by Crippen LogP contribution is -2.48. The first-order chi connectivity index (χ1) is 13.7. The molecule has 1 fully saturated rings. The van der Waals surface area contributed by atoms with E-state index in [1.807, 2.05) is 17.0 Å². The zero-order chi connectivity index (χ0) is 19.3. The molecule has 2 aromatic heterocycles. The maximum Gasteiger partial charge on any atom is 0.272 e. The highest BCUT2D eigenvalue weighted by atomic mass is 35.5. The molecule has 1 aromatic carbocycles. The fourth-order valence-electron chi connectivity index (χ4n) is 3.18. The molecule has 0 atom stereocenters. The van der Waals surface area contributed by atoms with Crippen LogP contribution < -0.4 is 4.74 Å². The van der Waals surface area contributed by atoms with Gasteiger partial charge in [-0.05, 0) is 42.5 Å². The molecule has 0 saturated carbocycles. The molecule has 0 aliphatic carbocycles. The second kappa shape index (κ2) is 8.50. The molecular weight excluding hydrogens is 380 g/mol. The van der Waals surface area contributed by atoms with Crippen LogP contribution in [0.25, 0.3) is 0 Å². The summed E-state index contributed by atoms with van der Waals surface area (Å²) in [4.78, 5) is 17.1. The predicted molar refractivity (Wildman–Crippen MR) is 104 cm³/mol. The lowest BCUT2D eigenvalue weighted by atomic mass is 10.2. The van der Waals surface area contributed by atoms with Gasteiger partial charge in [0.15, 0.2) is 6.73 Å². The number of amides is 1. The second-order valence-corrected chi connectivity index (χ2v) is 7.03. The minimum Gasteiger partial charge on any atom is -0.471 e. The van der Waals surface area contributed by atoms with Crippen molar-refractivity contribution in [1.29, 1.82) is 0 Å². The summed E-state index contributed by atoms with van der Waals surface area (Å²) < 4.78 is 12.7. The number of carbonyl (C=O) groups is 1. The average Bonchev–Trinajstić information content (AvgIpc) is 3.39. The first-order valence-electron chi connectivity index (χ1n) is 9.13. The highest BCUT2D eigenvalue weighted by molar-refractivity contribution is 6.30. The SMILES string of the molecule is O=C(c1ccnn1COc1ccc(Cl)cc1)N1CCN(Cc2ccco2)CC1. The van der Waals surface area contributed by atoms with Gasteiger partial charge in [-0.2, -0.15) is 5.10 Å². The molecule has 1 amide bonds. The lowest BCUT2D eigenvalue weighted by molar-refractivity contribution is 0.0599. The van der Waals surface area contributed by atoms with Crippen molar-refractivity contribution in [2.24, 2.45) is 0 Å². The van der Waals surface area contributed by atoms with Gasteiger partial charge in [0.25, 0.3) is 5.91 Å². The molecule has 28 heavy (non-hydrogen) atoms. The van der Waals surface area contributed by atoms with E-state index in [-0.39, 0.29) is 12.6 Å². The van der Waals surface area contributed by atoms with Gasteiger partial charge >= 0.3 is 0 Å². The molecule has 3 heterocycles. The number of ether oxygens (including phenoxy) is 1. The maximum atomic E-state index is 12.9. The molecule has 0 bridgehead atoms. The van der Waals surface area contributed by atoms with Gasteiger partial charge in [-0.25, -0.2) is 4.68 Å². The summed E-state index contributed by atoms with van der Waals surface area (Å²) in [6, 6.07) is 12.7. The zero-order valence-electron chi connectivity index (χ0n) is 15.3. The largest absolute Gasteiger partial charge is 0.471 e. The van der Waals surface area contributed by atoms with Gasteiger partial charge in [-0.15, -0.1) is 0 Å². The van der Waals surface area contributed by atoms with Crippen LogP contribution in [0.1, 0.15) is 16.2 Å². The normalized spacial score (nSPS) is 15.0. The predicted octanol–water partition coefficient (Wildman–Crippen LogP) is 3.12. The van der Waals surface area contributed by atoms with E-state index in [1.54, 1.807) is 47.5 Å². The Morgan fingerprint density at radius 2 is 1.89 bits per heavy atom. The van der Waals surface area contributed by atoms with E-state index >= 15 is 0 Å². The Morgan fingerprint density at radius 3 is 2.61 bits per heavy atom. The molecular formula is C20H21ClN4O3. The Morgan fingerprint density at radius 1 is 1.11 bits per heavy atom. The number of aromatic nitrogens is 2. The molecule has 0 N–H and O–H groups in total. The summed E-state index contributed by atoms with van der Waals surface area (Å²) in [5.74, 6) is 1.58. The van der Waals surface area contributed by atoms with Crippen molar-refractivity contribution in [3.05, 3.63) is 71.4 Å². The van der Waals surface area contributed by atoms with Crippen molar-refractivity contribution in [2.75, 3.05) is 26.2 Å². The molecule has 3 aromatic rings. The minimum absolute atomic E-state index is 0.0325. The van der Waals surface area contributed by atoms with Crippen LogP contribution in [0, 0.1) is 0 Å². The third-order valence-corrected chi connectivity index (χ3v) is 4.97. The number of piperazine rings is 1. The first kappa shape index (κ1) is 18.6.